The van der Waals surface area contributed by atoms with Crippen molar-refractivity contribution < 1.29 is 35.9 Å². The van der Waals surface area contributed by atoms with Gasteiger partial charge in [-0.3, -0.25) is 9.59 Å². The van der Waals surface area contributed by atoms with Crippen LogP contribution in [0.3, 0.4) is 0 Å². The van der Waals surface area contributed by atoms with Gasteiger partial charge >= 0.3 is 12.4 Å². The molecular formula is C27H28F6N4O2. The number of aromatic nitrogens is 2. The first-order valence-corrected chi connectivity index (χ1v) is 12.0. The van der Waals surface area contributed by atoms with Gasteiger partial charge in [-0.2, -0.15) is 31.4 Å². The highest BCUT2D eigenvalue weighted by Gasteiger charge is 2.38. The third-order valence-electron chi connectivity index (χ3n) is 5.70. The van der Waals surface area contributed by atoms with Crippen LogP contribution in [0.4, 0.5) is 32.2 Å². The highest BCUT2D eigenvalue weighted by Crippen LogP contribution is 2.36. The molecular weight excluding hydrogens is 526 g/mol. The SMILES string of the molecule is CCCN(CC(=O)Nc1cc(C(C)(C)C)nn1-c1ccccc1)C(=O)c1cc(C(F)(F)F)cc(C(F)(F)F)c1. The standard InChI is InChI=1S/C27H28F6N4O2/c1-5-11-36(24(39)17-12-18(26(28,29)30)14-19(13-17)27(31,32)33)16-23(38)34-22-15-21(25(2,3)4)35-37(22)20-9-7-6-8-10-20/h6-10,12-15H,5,11,16H2,1-4H3,(H,34,38). The van der Waals surface area contributed by atoms with Gasteiger partial charge in [0.25, 0.3) is 5.91 Å². The first-order valence-electron chi connectivity index (χ1n) is 12.0. The molecule has 0 spiro atoms. The smallest absolute Gasteiger partial charge is 0.329 e. The number of rotatable bonds is 7. The minimum Gasteiger partial charge on any atom is -0.329 e. The minimum atomic E-state index is -5.11. The van der Waals surface area contributed by atoms with Crippen LogP contribution in [0.25, 0.3) is 5.69 Å². The molecule has 0 saturated carbocycles. The molecule has 0 bridgehead atoms. The zero-order chi connectivity index (χ0) is 29.2. The van der Waals surface area contributed by atoms with Crippen molar-refractivity contribution in [1.82, 2.24) is 14.7 Å². The second-order valence-corrected chi connectivity index (χ2v) is 9.98. The lowest BCUT2D eigenvalue weighted by Crippen LogP contribution is -2.39. The Labute approximate surface area is 221 Å². The van der Waals surface area contributed by atoms with Gasteiger partial charge in [-0.05, 0) is 36.8 Å². The third kappa shape index (κ3) is 7.39. The average Bonchev–Trinajstić information content (AvgIpc) is 3.26. The van der Waals surface area contributed by atoms with E-state index in [0.29, 0.717) is 35.8 Å². The normalized spacial score (nSPS) is 12.4. The van der Waals surface area contributed by atoms with Crippen LogP contribution in [0.1, 0.15) is 61.3 Å². The van der Waals surface area contributed by atoms with Crippen LogP contribution in [0.15, 0.2) is 54.6 Å². The van der Waals surface area contributed by atoms with E-state index < -0.39 is 47.4 Å². The summed E-state index contributed by atoms with van der Waals surface area (Å²) >= 11 is 0. The third-order valence-corrected chi connectivity index (χ3v) is 5.70. The van der Waals surface area contributed by atoms with Crippen molar-refractivity contribution in [2.75, 3.05) is 18.4 Å². The van der Waals surface area contributed by atoms with Crippen molar-refractivity contribution in [2.24, 2.45) is 0 Å². The Morgan fingerprint density at radius 3 is 1.95 bits per heavy atom. The van der Waals surface area contributed by atoms with E-state index in [4.69, 9.17) is 0 Å². The summed E-state index contributed by atoms with van der Waals surface area (Å²) in [4.78, 5) is 27.0. The van der Waals surface area contributed by atoms with Crippen LogP contribution >= 0.6 is 0 Å². The van der Waals surface area contributed by atoms with E-state index in [1.165, 1.54) is 4.68 Å². The minimum absolute atomic E-state index is 0.0504. The number of carbonyl (C=O) groups excluding carboxylic acids is 2. The molecule has 0 aliphatic rings. The molecule has 3 rings (SSSR count). The Morgan fingerprint density at radius 1 is 0.897 bits per heavy atom. The number of benzene rings is 2. The molecule has 3 aromatic rings. The lowest BCUT2D eigenvalue weighted by atomic mass is 9.92. The van der Waals surface area contributed by atoms with Crippen molar-refractivity contribution in [1.29, 1.82) is 0 Å². The topological polar surface area (TPSA) is 67.2 Å². The Hall–Kier alpha value is -3.83. The molecule has 2 amide bonds. The maximum absolute atomic E-state index is 13.3. The fourth-order valence-electron chi connectivity index (χ4n) is 3.74. The summed E-state index contributed by atoms with van der Waals surface area (Å²) in [6.45, 7) is 6.78. The maximum atomic E-state index is 13.3. The first-order chi connectivity index (χ1) is 18.0. The van der Waals surface area contributed by atoms with Gasteiger partial charge in [0.05, 0.1) is 22.5 Å². The van der Waals surface area contributed by atoms with E-state index in [2.05, 4.69) is 10.4 Å². The monoisotopic (exact) mass is 554 g/mol. The second kappa shape index (κ2) is 11.1. The van der Waals surface area contributed by atoms with Crippen LogP contribution in [0, 0.1) is 0 Å². The highest BCUT2D eigenvalue weighted by molar-refractivity contribution is 5.99. The molecule has 12 heteroatoms. The maximum Gasteiger partial charge on any atom is 0.416 e. The van der Waals surface area contributed by atoms with Gasteiger partial charge in [-0.15, -0.1) is 0 Å². The van der Waals surface area contributed by atoms with E-state index in [0.717, 1.165) is 4.90 Å². The molecule has 1 aromatic heterocycles. The Kier molecular flexibility index (Phi) is 8.47. The zero-order valence-corrected chi connectivity index (χ0v) is 21.7. The molecule has 210 valence electrons. The molecule has 6 nitrogen and oxygen atoms in total. The molecule has 2 aromatic carbocycles. The molecule has 1 N–H and O–H groups in total. The molecule has 0 unspecified atom stereocenters. The average molecular weight is 555 g/mol. The van der Waals surface area contributed by atoms with Gasteiger partial charge in [0.2, 0.25) is 5.91 Å². The van der Waals surface area contributed by atoms with E-state index in [9.17, 15) is 35.9 Å². The van der Waals surface area contributed by atoms with Gasteiger partial charge in [-0.1, -0.05) is 45.9 Å². The van der Waals surface area contributed by atoms with Crippen LogP contribution in [-0.2, 0) is 22.6 Å². The summed E-state index contributed by atoms with van der Waals surface area (Å²) in [6, 6.07) is 11.3. The van der Waals surface area contributed by atoms with Gasteiger partial charge < -0.3 is 10.2 Å². The van der Waals surface area contributed by atoms with Gasteiger partial charge in [0, 0.05) is 23.6 Å². The summed E-state index contributed by atoms with van der Waals surface area (Å²) < 4.78 is 81.3. The number of carbonyl (C=O) groups is 2. The van der Waals surface area contributed by atoms with Gasteiger partial charge in [0.1, 0.15) is 12.4 Å². The molecule has 0 atom stereocenters. The van der Waals surface area contributed by atoms with Crippen LogP contribution in [0.5, 0.6) is 0 Å². The molecule has 0 aliphatic heterocycles. The number of halogens is 6. The van der Waals surface area contributed by atoms with Gasteiger partial charge in [-0.25, -0.2) is 4.68 Å². The van der Waals surface area contributed by atoms with Crippen LogP contribution in [0.2, 0.25) is 0 Å². The van der Waals surface area contributed by atoms with Crippen LogP contribution in [-0.4, -0.2) is 39.6 Å². The number of hydrogen-bond acceptors (Lipinski definition) is 3. The number of hydrogen-bond donors (Lipinski definition) is 1. The van der Waals surface area contributed by atoms with Crippen molar-refractivity contribution >= 4 is 17.6 Å². The van der Waals surface area contributed by atoms with E-state index in [1.807, 2.05) is 26.8 Å². The van der Waals surface area contributed by atoms with Crippen molar-refractivity contribution in [2.45, 2.75) is 51.9 Å². The number of nitrogens with one attached hydrogen (secondary N) is 1. The second-order valence-electron chi connectivity index (χ2n) is 9.98. The predicted octanol–water partition coefficient (Wildman–Crippen LogP) is 6.70. The van der Waals surface area contributed by atoms with Crippen molar-refractivity contribution in [3.8, 4) is 5.69 Å². The van der Waals surface area contributed by atoms with Crippen LogP contribution < -0.4 is 5.32 Å². The molecule has 0 saturated heterocycles. The first kappa shape index (κ1) is 29.7. The lowest BCUT2D eigenvalue weighted by molar-refractivity contribution is -0.143. The Balaban J connectivity index is 1.92. The van der Waals surface area contributed by atoms with E-state index in [1.54, 1.807) is 37.3 Å². The number of amides is 2. The molecule has 1 heterocycles. The predicted molar refractivity (Wildman–Crippen MR) is 134 cm³/mol. The summed E-state index contributed by atoms with van der Waals surface area (Å²) in [5.74, 6) is -1.54. The number of alkyl halides is 6. The number of anilines is 1. The van der Waals surface area contributed by atoms with E-state index in [-0.39, 0.29) is 18.0 Å². The molecule has 0 aliphatic carbocycles. The van der Waals surface area contributed by atoms with Gasteiger partial charge in [0.15, 0.2) is 0 Å². The Bertz CT molecular complexity index is 1290. The number of nitrogens with zero attached hydrogens (tertiary/aromatic N) is 3. The molecule has 0 fully saturated rings. The molecule has 0 radical (unpaired) electrons. The van der Waals surface area contributed by atoms with Crippen molar-refractivity contribution in [3.63, 3.8) is 0 Å². The number of para-hydroxylation sites is 1. The van der Waals surface area contributed by atoms with E-state index >= 15 is 0 Å². The summed E-state index contributed by atoms with van der Waals surface area (Å²) in [5.41, 5.74) is -3.10. The summed E-state index contributed by atoms with van der Waals surface area (Å²) in [7, 11) is 0. The lowest BCUT2D eigenvalue weighted by Gasteiger charge is -2.23. The Morgan fingerprint density at radius 2 is 1.46 bits per heavy atom. The largest absolute Gasteiger partial charge is 0.416 e. The quantitative estimate of drug-likeness (QED) is 0.331. The zero-order valence-electron chi connectivity index (χ0n) is 21.7. The van der Waals surface area contributed by atoms with Crippen molar-refractivity contribution in [3.05, 3.63) is 77.0 Å². The molecule has 39 heavy (non-hydrogen) atoms. The summed E-state index contributed by atoms with van der Waals surface area (Å²) in [5, 5.41) is 7.25. The fourth-order valence-corrected chi connectivity index (χ4v) is 3.74. The highest BCUT2D eigenvalue weighted by atomic mass is 19.4. The fraction of sp³-hybridized carbons (Fsp3) is 0.370. The summed E-state index contributed by atoms with van der Waals surface area (Å²) in [6.07, 6.45) is -9.91.